The van der Waals surface area contributed by atoms with Gasteiger partial charge in [0.15, 0.2) is 0 Å². The van der Waals surface area contributed by atoms with Crippen LogP contribution < -0.4 is 11.2 Å². The van der Waals surface area contributed by atoms with Crippen LogP contribution in [0.2, 0.25) is 0 Å². The van der Waals surface area contributed by atoms with Crippen molar-refractivity contribution in [2.24, 2.45) is 0 Å². The first-order valence-corrected chi connectivity index (χ1v) is 7.77. The minimum Gasteiger partial charge on any atom is -0.467 e. The quantitative estimate of drug-likeness (QED) is 0.722. The molecule has 2 aromatic heterocycles. The SMILES string of the molecule is CCC(CO)N(Cc1ccco1)C(=O)CCn1ccc(=O)[nH]c1=O. The molecule has 0 aliphatic rings. The maximum atomic E-state index is 12.6. The smallest absolute Gasteiger partial charge is 0.328 e. The Bertz CT molecular complexity index is 759. The minimum absolute atomic E-state index is 0.0726. The molecule has 8 heteroatoms. The van der Waals surface area contributed by atoms with E-state index in [1.165, 1.54) is 23.1 Å². The number of aromatic amines is 1. The van der Waals surface area contributed by atoms with Gasteiger partial charge in [0, 0.05) is 25.2 Å². The maximum absolute atomic E-state index is 12.6. The van der Waals surface area contributed by atoms with E-state index in [4.69, 9.17) is 4.42 Å². The van der Waals surface area contributed by atoms with Crippen LogP contribution in [0.4, 0.5) is 0 Å². The number of nitrogens with zero attached hydrogens (tertiary/aromatic N) is 2. The van der Waals surface area contributed by atoms with Gasteiger partial charge in [-0.05, 0) is 18.6 Å². The number of carbonyl (C=O) groups is 1. The molecule has 2 aromatic rings. The van der Waals surface area contributed by atoms with Crippen molar-refractivity contribution < 1.29 is 14.3 Å². The Balaban J connectivity index is 2.09. The van der Waals surface area contributed by atoms with Crippen LogP contribution in [0.15, 0.2) is 44.7 Å². The molecule has 2 N–H and O–H groups in total. The van der Waals surface area contributed by atoms with Crippen molar-refractivity contribution in [2.45, 2.75) is 38.9 Å². The lowest BCUT2D eigenvalue weighted by atomic mass is 10.1. The van der Waals surface area contributed by atoms with Crippen molar-refractivity contribution in [3.05, 3.63) is 57.3 Å². The number of hydrogen-bond donors (Lipinski definition) is 2. The fraction of sp³-hybridized carbons (Fsp3) is 0.438. The van der Waals surface area contributed by atoms with E-state index in [1.807, 2.05) is 6.92 Å². The molecule has 0 aromatic carbocycles. The van der Waals surface area contributed by atoms with Gasteiger partial charge in [0.25, 0.3) is 5.56 Å². The Hall–Kier alpha value is -2.61. The van der Waals surface area contributed by atoms with Gasteiger partial charge in [0.05, 0.1) is 25.5 Å². The number of aliphatic hydroxyl groups excluding tert-OH is 1. The molecule has 130 valence electrons. The van der Waals surface area contributed by atoms with Crippen LogP contribution in [-0.2, 0) is 17.9 Å². The Kier molecular flexibility index (Phi) is 6.14. The van der Waals surface area contributed by atoms with Gasteiger partial charge in [0.2, 0.25) is 5.91 Å². The Morgan fingerprint density at radius 2 is 2.21 bits per heavy atom. The van der Waals surface area contributed by atoms with E-state index in [-0.39, 0.29) is 38.1 Å². The molecule has 0 bridgehead atoms. The van der Waals surface area contributed by atoms with Gasteiger partial charge in [-0.25, -0.2) is 4.79 Å². The van der Waals surface area contributed by atoms with E-state index >= 15 is 0 Å². The zero-order chi connectivity index (χ0) is 17.5. The number of H-pyrrole nitrogens is 1. The van der Waals surface area contributed by atoms with Gasteiger partial charge in [0.1, 0.15) is 5.76 Å². The third-order valence-electron chi connectivity index (χ3n) is 3.81. The molecule has 1 unspecified atom stereocenters. The number of rotatable bonds is 8. The Morgan fingerprint density at radius 3 is 2.79 bits per heavy atom. The lowest BCUT2D eigenvalue weighted by molar-refractivity contribution is -0.135. The van der Waals surface area contributed by atoms with E-state index < -0.39 is 11.2 Å². The molecule has 1 atom stereocenters. The van der Waals surface area contributed by atoms with Gasteiger partial charge in [-0.15, -0.1) is 0 Å². The number of nitrogens with one attached hydrogen (secondary N) is 1. The van der Waals surface area contributed by atoms with Crippen molar-refractivity contribution in [2.75, 3.05) is 6.61 Å². The van der Waals surface area contributed by atoms with Gasteiger partial charge in [-0.1, -0.05) is 6.92 Å². The highest BCUT2D eigenvalue weighted by Crippen LogP contribution is 2.13. The highest BCUT2D eigenvalue weighted by Gasteiger charge is 2.22. The van der Waals surface area contributed by atoms with Crippen LogP contribution in [0.25, 0.3) is 0 Å². The van der Waals surface area contributed by atoms with Gasteiger partial charge < -0.3 is 19.0 Å². The lowest BCUT2D eigenvalue weighted by Gasteiger charge is -2.29. The van der Waals surface area contributed by atoms with Gasteiger partial charge in [-0.2, -0.15) is 0 Å². The lowest BCUT2D eigenvalue weighted by Crippen LogP contribution is -2.42. The van der Waals surface area contributed by atoms with Crippen LogP contribution in [0.1, 0.15) is 25.5 Å². The normalized spacial score (nSPS) is 12.1. The number of carbonyl (C=O) groups excluding carboxylic acids is 1. The molecule has 2 rings (SSSR count). The molecule has 2 heterocycles. The molecule has 8 nitrogen and oxygen atoms in total. The molecule has 0 radical (unpaired) electrons. The number of furan rings is 1. The van der Waals surface area contributed by atoms with E-state index in [2.05, 4.69) is 4.98 Å². The first-order chi connectivity index (χ1) is 11.5. The Morgan fingerprint density at radius 1 is 1.42 bits per heavy atom. The van der Waals surface area contributed by atoms with Crippen molar-refractivity contribution >= 4 is 5.91 Å². The van der Waals surface area contributed by atoms with E-state index in [9.17, 15) is 19.5 Å². The van der Waals surface area contributed by atoms with E-state index in [0.717, 1.165) is 0 Å². The summed E-state index contributed by atoms with van der Waals surface area (Å²) in [7, 11) is 0. The zero-order valence-electron chi connectivity index (χ0n) is 13.5. The summed E-state index contributed by atoms with van der Waals surface area (Å²) >= 11 is 0. The topological polar surface area (TPSA) is 109 Å². The molecule has 0 saturated carbocycles. The summed E-state index contributed by atoms with van der Waals surface area (Å²) in [6, 6.07) is 4.40. The maximum Gasteiger partial charge on any atom is 0.328 e. The number of amides is 1. The van der Waals surface area contributed by atoms with Gasteiger partial charge >= 0.3 is 5.69 Å². The summed E-state index contributed by atoms with van der Waals surface area (Å²) < 4.78 is 6.55. The number of aliphatic hydroxyl groups is 1. The summed E-state index contributed by atoms with van der Waals surface area (Å²) in [4.78, 5) is 39.0. The number of aromatic nitrogens is 2. The van der Waals surface area contributed by atoms with E-state index in [1.54, 1.807) is 17.0 Å². The number of hydrogen-bond acceptors (Lipinski definition) is 5. The second kappa shape index (κ2) is 8.30. The van der Waals surface area contributed by atoms with Crippen LogP contribution in [0.3, 0.4) is 0 Å². The fourth-order valence-electron chi connectivity index (χ4n) is 2.42. The first kappa shape index (κ1) is 17.7. The largest absolute Gasteiger partial charge is 0.467 e. The third kappa shape index (κ3) is 4.45. The first-order valence-electron chi connectivity index (χ1n) is 7.77. The predicted molar refractivity (Wildman–Crippen MR) is 86.4 cm³/mol. The highest BCUT2D eigenvalue weighted by molar-refractivity contribution is 5.76. The minimum atomic E-state index is -0.554. The summed E-state index contributed by atoms with van der Waals surface area (Å²) in [5.74, 6) is 0.418. The highest BCUT2D eigenvalue weighted by atomic mass is 16.3. The molecule has 0 saturated heterocycles. The summed E-state index contributed by atoms with van der Waals surface area (Å²) in [5, 5.41) is 9.51. The zero-order valence-corrected chi connectivity index (χ0v) is 13.5. The van der Waals surface area contributed by atoms with Crippen molar-refractivity contribution in [1.82, 2.24) is 14.5 Å². The average Bonchev–Trinajstić information content (AvgIpc) is 3.07. The van der Waals surface area contributed by atoms with E-state index in [0.29, 0.717) is 12.2 Å². The second-order valence-corrected chi connectivity index (χ2v) is 5.40. The fourth-order valence-corrected chi connectivity index (χ4v) is 2.42. The second-order valence-electron chi connectivity index (χ2n) is 5.40. The third-order valence-corrected chi connectivity index (χ3v) is 3.81. The molecule has 24 heavy (non-hydrogen) atoms. The van der Waals surface area contributed by atoms with Gasteiger partial charge in [-0.3, -0.25) is 14.6 Å². The predicted octanol–water partition coefficient (Wildman–Crippen LogP) is 0.319. The summed E-state index contributed by atoms with van der Waals surface area (Å²) in [6.07, 6.45) is 3.55. The average molecular weight is 335 g/mol. The van der Waals surface area contributed by atoms with Crippen LogP contribution in [0, 0.1) is 0 Å². The van der Waals surface area contributed by atoms with Crippen LogP contribution in [-0.4, -0.2) is 38.1 Å². The standard InChI is InChI=1S/C16H21N3O5/c1-2-12(11-20)19(10-13-4-3-9-24-13)15(22)6-8-18-7-5-14(21)17-16(18)23/h3-5,7,9,12,20H,2,6,8,10-11H2,1H3,(H,17,21,23). The molecule has 0 aliphatic carbocycles. The molecule has 0 spiro atoms. The van der Waals surface area contributed by atoms with Crippen molar-refractivity contribution in [1.29, 1.82) is 0 Å². The number of aryl methyl sites for hydroxylation is 1. The van der Waals surface area contributed by atoms with Crippen molar-refractivity contribution in [3.63, 3.8) is 0 Å². The molecule has 0 fully saturated rings. The molecular formula is C16H21N3O5. The molecule has 0 aliphatic heterocycles. The summed E-state index contributed by atoms with van der Waals surface area (Å²) in [6.45, 7) is 2.13. The van der Waals surface area contributed by atoms with Crippen LogP contribution in [0.5, 0.6) is 0 Å². The molecule has 1 amide bonds. The van der Waals surface area contributed by atoms with Crippen LogP contribution >= 0.6 is 0 Å². The van der Waals surface area contributed by atoms with Crippen molar-refractivity contribution in [3.8, 4) is 0 Å². The monoisotopic (exact) mass is 335 g/mol. The summed E-state index contributed by atoms with van der Waals surface area (Å²) in [5.41, 5.74) is -1.03. The Labute approximate surface area is 138 Å². The molecular weight excluding hydrogens is 314 g/mol.